The molecule has 0 aliphatic heterocycles. The topological polar surface area (TPSA) is 54.0 Å². The molecule has 0 N–H and O–H groups in total. The van der Waals surface area contributed by atoms with Gasteiger partial charge in [0.15, 0.2) is 12.4 Å². The first-order chi connectivity index (χ1) is 12.6. The van der Waals surface area contributed by atoms with E-state index in [9.17, 15) is 4.79 Å². The highest BCUT2D eigenvalue weighted by Crippen LogP contribution is 2.11. The van der Waals surface area contributed by atoms with E-state index in [0.29, 0.717) is 17.7 Å². The highest BCUT2D eigenvalue weighted by molar-refractivity contribution is 5.86. The molecule has 1 aromatic heterocycles. The predicted octanol–water partition coefficient (Wildman–Crippen LogP) is 4.87. The van der Waals surface area contributed by atoms with Crippen LogP contribution >= 0.6 is 0 Å². The maximum absolute atomic E-state index is 11.2. The van der Waals surface area contributed by atoms with Gasteiger partial charge in [-0.25, -0.2) is 9.36 Å². The molecular formula is C22H33N2O2+. The van der Waals surface area contributed by atoms with Gasteiger partial charge in [-0.15, -0.1) is 0 Å². The van der Waals surface area contributed by atoms with Gasteiger partial charge in [0.05, 0.1) is 18.2 Å². The van der Waals surface area contributed by atoms with Crippen LogP contribution in [0.3, 0.4) is 0 Å². The highest BCUT2D eigenvalue weighted by Gasteiger charge is 2.02. The summed E-state index contributed by atoms with van der Waals surface area (Å²) >= 11 is 0. The van der Waals surface area contributed by atoms with Crippen LogP contribution in [-0.4, -0.2) is 12.6 Å². The summed E-state index contributed by atoms with van der Waals surface area (Å²) in [5.41, 5.74) is 1.19. The maximum atomic E-state index is 11.2. The number of hydrogen-bond acceptors (Lipinski definition) is 3. The van der Waals surface area contributed by atoms with Crippen LogP contribution in [0.5, 0.6) is 0 Å². The Hall–Kier alpha value is -2.15. The number of hydrogen-bond donors (Lipinski definition) is 0. The van der Waals surface area contributed by atoms with Gasteiger partial charge in [0.1, 0.15) is 6.54 Å². The Morgan fingerprint density at radius 3 is 2.00 bits per heavy atom. The van der Waals surface area contributed by atoms with Gasteiger partial charge in [0.25, 0.3) is 0 Å². The second-order valence-corrected chi connectivity index (χ2v) is 6.89. The van der Waals surface area contributed by atoms with Gasteiger partial charge in [-0.05, 0) is 19.8 Å². The van der Waals surface area contributed by atoms with Gasteiger partial charge in [0, 0.05) is 24.1 Å². The molecule has 142 valence electrons. The largest absolute Gasteiger partial charge is 0.462 e. The van der Waals surface area contributed by atoms with E-state index >= 15 is 0 Å². The molecule has 0 radical (unpaired) electrons. The summed E-state index contributed by atoms with van der Waals surface area (Å²) in [7, 11) is 0. The molecule has 0 fully saturated rings. The van der Waals surface area contributed by atoms with Crippen molar-refractivity contribution in [1.29, 1.82) is 5.26 Å². The summed E-state index contributed by atoms with van der Waals surface area (Å²) in [6.07, 6.45) is 16.2. The number of ether oxygens (including phenoxy) is 1. The van der Waals surface area contributed by atoms with E-state index in [-0.39, 0.29) is 5.97 Å². The zero-order valence-electron chi connectivity index (χ0n) is 16.2. The lowest BCUT2D eigenvalue weighted by Gasteiger charge is -2.04. The van der Waals surface area contributed by atoms with Gasteiger partial charge >= 0.3 is 5.97 Å². The molecule has 4 nitrogen and oxygen atoms in total. The molecule has 0 bridgehead atoms. The van der Waals surface area contributed by atoms with Crippen molar-refractivity contribution < 1.29 is 14.1 Å². The molecule has 0 aliphatic carbocycles. The highest BCUT2D eigenvalue weighted by atomic mass is 16.5. The van der Waals surface area contributed by atoms with Crippen molar-refractivity contribution >= 4 is 5.97 Å². The fraction of sp³-hybridized carbons (Fsp3) is 0.591. The Morgan fingerprint density at radius 2 is 1.50 bits per heavy atom. The van der Waals surface area contributed by atoms with Crippen molar-refractivity contribution in [2.75, 3.05) is 6.61 Å². The number of unbranched alkanes of at least 4 members (excludes halogenated alkanes) is 9. The number of esters is 1. The minimum absolute atomic E-state index is 0.275. The first-order valence-electron chi connectivity index (χ1n) is 9.85. The fourth-order valence-corrected chi connectivity index (χ4v) is 2.78. The molecule has 0 saturated heterocycles. The normalized spacial score (nSPS) is 10.3. The number of pyridine rings is 1. The number of aryl methyl sites for hydroxylation is 1. The zero-order chi connectivity index (χ0) is 19.0. The van der Waals surface area contributed by atoms with Gasteiger partial charge < -0.3 is 4.74 Å². The summed E-state index contributed by atoms with van der Waals surface area (Å²) in [5.74, 6) is -0.275. The van der Waals surface area contributed by atoms with E-state index < -0.39 is 0 Å². The molecule has 1 aromatic rings. The summed E-state index contributed by atoms with van der Waals surface area (Å²) < 4.78 is 7.22. The monoisotopic (exact) mass is 357 g/mol. The van der Waals surface area contributed by atoms with Gasteiger partial charge in [-0.1, -0.05) is 51.5 Å². The van der Waals surface area contributed by atoms with Crippen molar-refractivity contribution in [2.24, 2.45) is 0 Å². The lowest BCUT2D eigenvalue weighted by atomic mass is 10.1. The van der Waals surface area contributed by atoms with E-state index in [4.69, 9.17) is 10.00 Å². The third kappa shape index (κ3) is 10.7. The molecule has 0 amide bonds. The summed E-state index contributed by atoms with van der Waals surface area (Å²) in [4.78, 5) is 11.2. The van der Waals surface area contributed by atoms with Crippen molar-refractivity contribution in [1.82, 2.24) is 0 Å². The van der Waals surface area contributed by atoms with Gasteiger partial charge in [-0.3, -0.25) is 0 Å². The molecule has 4 heteroatoms. The molecule has 1 rings (SSSR count). The Kier molecular flexibility index (Phi) is 11.8. The smallest absolute Gasteiger partial charge is 0.333 e. The quantitative estimate of drug-likeness (QED) is 0.207. The molecule has 26 heavy (non-hydrogen) atoms. The van der Waals surface area contributed by atoms with E-state index in [0.717, 1.165) is 19.4 Å². The molecule has 0 atom stereocenters. The number of rotatable bonds is 14. The molecule has 0 saturated carbocycles. The standard InChI is InChI=1S/C22H33N2O2/c1-20(2)22(25)26-18-12-10-8-6-4-3-5-7-9-11-15-24-16-13-21(19-23)14-17-24/h13-14,16-17H,1,3-12,15,18H2,2H3/q+1. The first-order valence-corrected chi connectivity index (χ1v) is 9.85. The first kappa shape index (κ1) is 21.9. The van der Waals surface area contributed by atoms with Crippen molar-refractivity contribution in [3.63, 3.8) is 0 Å². The van der Waals surface area contributed by atoms with E-state index in [1.165, 1.54) is 51.4 Å². The third-order valence-corrected chi connectivity index (χ3v) is 4.41. The minimum atomic E-state index is -0.275. The van der Waals surface area contributed by atoms with Crippen LogP contribution in [0.15, 0.2) is 36.7 Å². The Bertz CT molecular complexity index is 573. The average Bonchev–Trinajstić information content (AvgIpc) is 2.65. The minimum Gasteiger partial charge on any atom is -0.462 e. The average molecular weight is 358 g/mol. The number of nitriles is 1. The molecule has 1 heterocycles. The van der Waals surface area contributed by atoms with Crippen LogP contribution in [0.1, 0.15) is 76.7 Å². The maximum Gasteiger partial charge on any atom is 0.333 e. The second kappa shape index (κ2) is 14.1. The van der Waals surface area contributed by atoms with E-state index in [2.05, 4.69) is 17.2 Å². The molecule has 0 unspecified atom stereocenters. The third-order valence-electron chi connectivity index (χ3n) is 4.41. The van der Waals surface area contributed by atoms with E-state index in [1.807, 2.05) is 24.5 Å². The number of nitrogens with zero attached hydrogens (tertiary/aromatic N) is 2. The van der Waals surface area contributed by atoms with Gasteiger partial charge in [-0.2, -0.15) is 5.26 Å². The van der Waals surface area contributed by atoms with Crippen molar-refractivity contribution in [3.8, 4) is 6.07 Å². The van der Waals surface area contributed by atoms with Crippen LogP contribution < -0.4 is 4.57 Å². The lowest BCUT2D eigenvalue weighted by molar-refractivity contribution is -0.697. The molecule has 0 aromatic carbocycles. The number of aromatic nitrogens is 1. The summed E-state index contributed by atoms with van der Waals surface area (Å²) in [6, 6.07) is 5.87. The van der Waals surface area contributed by atoms with Crippen LogP contribution in [-0.2, 0) is 16.1 Å². The van der Waals surface area contributed by atoms with Crippen LogP contribution in [0, 0.1) is 11.3 Å². The van der Waals surface area contributed by atoms with Gasteiger partial charge in [0.2, 0.25) is 0 Å². The Morgan fingerprint density at radius 1 is 1.00 bits per heavy atom. The van der Waals surface area contributed by atoms with Crippen LogP contribution in [0.2, 0.25) is 0 Å². The zero-order valence-corrected chi connectivity index (χ0v) is 16.2. The Balaban J connectivity index is 1.84. The van der Waals surface area contributed by atoms with E-state index in [1.54, 1.807) is 6.92 Å². The Labute approximate surface area is 158 Å². The predicted molar refractivity (Wildman–Crippen MR) is 103 cm³/mol. The SMILES string of the molecule is C=C(C)C(=O)OCCCCCCCCCCCC[n+]1ccc(C#N)cc1. The van der Waals surface area contributed by atoms with Crippen LogP contribution in [0.25, 0.3) is 0 Å². The second-order valence-electron chi connectivity index (χ2n) is 6.89. The van der Waals surface area contributed by atoms with Crippen molar-refractivity contribution in [3.05, 3.63) is 42.2 Å². The number of carbonyl (C=O) groups is 1. The lowest BCUT2D eigenvalue weighted by Crippen LogP contribution is -2.32. The number of carbonyl (C=O) groups excluding carboxylic acids is 1. The fourth-order valence-electron chi connectivity index (χ4n) is 2.78. The molecule has 0 aliphatic rings. The van der Waals surface area contributed by atoms with Crippen molar-refractivity contribution in [2.45, 2.75) is 77.7 Å². The summed E-state index contributed by atoms with van der Waals surface area (Å²) in [5, 5.41) is 8.78. The molecule has 0 spiro atoms. The summed E-state index contributed by atoms with van der Waals surface area (Å²) in [6.45, 7) is 6.79. The van der Waals surface area contributed by atoms with Crippen LogP contribution in [0.4, 0.5) is 0 Å². The molecular weight excluding hydrogens is 324 g/mol.